The molecule has 0 bridgehead atoms. The SMILES string of the molecule is CSC(C(=O)N1CCCC1)C(C)c1ccccc1. The van der Waals surface area contributed by atoms with Gasteiger partial charge in [0.2, 0.25) is 5.91 Å². The van der Waals surface area contributed by atoms with Crippen LogP contribution in [0.5, 0.6) is 0 Å². The number of carbonyl (C=O) groups is 1. The first-order chi connectivity index (χ1) is 8.74. The molecule has 0 saturated carbocycles. The molecule has 2 nitrogen and oxygen atoms in total. The van der Waals surface area contributed by atoms with Gasteiger partial charge in [-0.2, -0.15) is 11.8 Å². The van der Waals surface area contributed by atoms with Crippen LogP contribution >= 0.6 is 11.8 Å². The lowest BCUT2D eigenvalue weighted by Crippen LogP contribution is -2.38. The molecule has 1 aromatic carbocycles. The largest absolute Gasteiger partial charge is 0.342 e. The summed E-state index contributed by atoms with van der Waals surface area (Å²) in [6.07, 6.45) is 4.36. The van der Waals surface area contributed by atoms with Crippen molar-refractivity contribution >= 4 is 17.7 Å². The molecule has 1 aromatic rings. The van der Waals surface area contributed by atoms with E-state index < -0.39 is 0 Å². The van der Waals surface area contributed by atoms with Gasteiger partial charge in [0, 0.05) is 19.0 Å². The third-order valence-corrected chi connectivity index (χ3v) is 4.81. The van der Waals surface area contributed by atoms with Crippen molar-refractivity contribution < 1.29 is 4.79 Å². The van der Waals surface area contributed by atoms with Crippen molar-refractivity contribution in [2.24, 2.45) is 0 Å². The summed E-state index contributed by atoms with van der Waals surface area (Å²) in [7, 11) is 0. The Hall–Kier alpha value is -0.960. The predicted octanol–water partition coefficient (Wildman–Crippen LogP) is 3.14. The fraction of sp³-hybridized carbons (Fsp3) is 0.533. The Balaban J connectivity index is 2.10. The third kappa shape index (κ3) is 2.89. The second kappa shape index (κ2) is 6.28. The number of thioether (sulfide) groups is 1. The molecule has 18 heavy (non-hydrogen) atoms. The van der Waals surface area contributed by atoms with Crippen molar-refractivity contribution in [1.82, 2.24) is 4.90 Å². The molecule has 1 saturated heterocycles. The van der Waals surface area contributed by atoms with Crippen molar-refractivity contribution in [3.63, 3.8) is 0 Å². The summed E-state index contributed by atoms with van der Waals surface area (Å²) in [5.41, 5.74) is 1.25. The van der Waals surface area contributed by atoms with Gasteiger partial charge in [0.05, 0.1) is 5.25 Å². The van der Waals surface area contributed by atoms with Crippen molar-refractivity contribution in [3.05, 3.63) is 35.9 Å². The minimum absolute atomic E-state index is 0.0468. The van der Waals surface area contributed by atoms with Crippen LogP contribution in [0, 0.1) is 0 Å². The zero-order valence-corrected chi connectivity index (χ0v) is 12.0. The first-order valence-corrected chi connectivity index (χ1v) is 7.89. The lowest BCUT2D eigenvalue weighted by molar-refractivity contribution is -0.129. The highest BCUT2D eigenvalue weighted by atomic mass is 32.2. The van der Waals surface area contributed by atoms with Crippen LogP contribution < -0.4 is 0 Å². The Kier molecular flexibility index (Phi) is 4.70. The van der Waals surface area contributed by atoms with Crippen LogP contribution in [0.15, 0.2) is 30.3 Å². The molecule has 0 N–H and O–H groups in total. The molecule has 3 heteroatoms. The number of carbonyl (C=O) groups excluding carboxylic acids is 1. The van der Waals surface area contributed by atoms with Gasteiger partial charge in [-0.3, -0.25) is 4.79 Å². The first-order valence-electron chi connectivity index (χ1n) is 6.60. The molecule has 1 aliphatic heterocycles. The summed E-state index contributed by atoms with van der Waals surface area (Å²) in [6.45, 7) is 4.04. The average Bonchev–Trinajstić information content (AvgIpc) is 2.94. The zero-order valence-electron chi connectivity index (χ0n) is 11.1. The molecule has 0 radical (unpaired) electrons. The van der Waals surface area contributed by atoms with Crippen molar-refractivity contribution in [1.29, 1.82) is 0 Å². The van der Waals surface area contributed by atoms with Gasteiger partial charge in [0.25, 0.3) is 0 Å². The van der Waals surface area contributed by atoms with Crippen molar-refractivity contribution in [3.8, 4) is 0 Å². The third-order valence-electron chi connectivity index (χ3n) is 3.69. The molecule has 2 unspecified atom stereocenters. The maximum atomic E-state index is 12.5. The van der Waals surface area contributed by atoms with E-state index in [0.29, 0.717) is 5.91 Å². The molecule has 0 aliphatic carbocycles. The summed E-state index contributed by atoms with van der Waals surface area (Å²) >= 11 is 1.68. The summed E-state index contributed by atoms with van der Waals surface area (Å²) in [4.78, 5) is 14.5. The molecule has 2 rings (SSSR count). The first kappa shape index (κ1) is 13.5. The monoisotopic (exact) mass is 263 g/mol. The summed E-state index contributed by atoms with van der Waals surface area (Å²) in [5.74, 6) is 0.589. The van der Waals surface area contributed by atoms with Crippen LogP contribution in [-0.2, 0) is 4.79 Å². The van der Waals surface area contributed by atoms with Gasteiger partial charge in [0.1, 0.15) is 0 Å². The van der Waals surface area contributed by atoms with Crippen LogP contribution in [0.1, 0.15) is 31.2 Å². The van der Waals surface area contributed by atoms with Gasteiger partial charge in [-0.05, 0) is 24.7 Å². The number of rotatable bonds is 4. The number of hydrogen-bond donors (Lipinski definition) is 0. The Bertz CT molecular complexity index is 387. The molecular formula is C15H21NOS. The molecule has 2 atom stereocenters. The average molecular weight is 263 g/mol. The molecule has 0 spiro atoms. The van der Waals surface area contributed by atoms with E-state index in [9.17, 15) is 4.79 Å². The lowest BCUT2D eigenvalue weighted by atomic mass is 9.97. The highest BCUT2D eigenvalue weighted by Crippen LogP contribution is 2.29. The Morgan fingerprint density at radius 3 is 2.39 bits per heavy atom. The number of hydrogen-bond acceptors (Lipinski definition) is 2. The maximum absolute atomic E-state index is 12.5. The summed E-state index contributed by atoms with van der Waals surface area (Å²) in [6, 6.07) is 10.3. The van der Waals surface area contributed by atoms with Crippen LogP contribution in [-0.4, -0.2) is 35.4 Å². The Labute approximate surface area is 114 Å². The van der Waals surface area contributed by atoms with Crippen LogP contribution in [0.3, 0.4) is 0 Å². The van der Waals surface area contributed by atoms with Crippen LogP contribution in [0.25, 0.3) is 0 Å². The molecule has 98 valence electrons. The second-order valence-corrected chi connectivity index (χ2v) is 5.87. The number of nitrogens with zero attached hydrogens (tertiary/aromatic N) is 1. The van der Waals surface area contributed by atoms with Gasteiger partial charge in [-0.1, -0.05) is 37.3 Å². The van der Waals surface area contributed by atoms with E-state index >= 15 is 0 Å². The molecule has 1 aliphatic rings. The highest BCUT2D eigenvalue weighted by molar-refractivity contribution is 8.00. The van der Waals surface area contributed by atoms with Crippen molar-refractivity contribution in [2.75, 3.05) is 19.3 Å². The Morgan fingerprint density at radius 1 is 1.22 bits per heavy atom. The van der Waals surface area contributed by atoms with E-state index in [4.69, 9.17) is 0 Å². The zero-order chi connectivity index (χ0) is 13.0. The van der Waals surface area contributed by atoms with Crippen molar-refractivity contribution in [2.45, 2.75) is 30.9 Å². The molecule has 1 heterocycles. The standard InChI is InChI=1S/C15H21NOS/c1-12(13-8-4-3-5-9-13)14(18-2)15(17)16-10-6-7-11-16/h3-5,8-9,12,14H,6-7,10-11H2,1-2H3. The number of amides is 1. The van der Waals surface area contributed by atoms with Gasteiger partial charge in [-0.15, -0.1) is 0 Å². The normalized spacial score (nSPS) is 18.7. The van der Waals surface area contributed by atoms with Gasteiger partial charge < -0.3 is 4.90 Å². The van der Waals surface area contributed by atoms with Gasteiger partial charge >= 0.3 is 0 Å². The molecule has 0 aromatic heterocycles. The fourth-order valence-corrected chi connectivity index (χ4v) is 3.48. The molecular weight excluding hydrogens is 242 g/mol. The van der Waals surface area contributed by atoms with Gasteiger partial charge in [-0.25, -0.2) is 0 Å². The number of likely N-dealkylation sites (tertiary alicyclic amines) is 1. The van der Waals surface area contributed by atoms with E-state index in [1.807, 2.05) is 29.4 Å². The minimum Gasteiger partial charge on any atom is -0.342 e. The number of benzene rings is 1. The lowest BCUT2D eigenvalue weighted by Gasteiger charge is -2.26. The highest BCUT2D eigenvalue weighted by Gasteiger charge is 2.30. The van der Waals surface area contributed by atoms with E-state index in [1.54, 1.807) is 11.8 Å². The molecule has 1 amide bonds. The fourth-order valence-electron chi connectivity index (χ4n) is 2.57. The van der Waals surface area contributed by atoms with E-state index in [0.717, 1.165) is 25.9 Å². The summed E-state index contributed by atoms with van der Waals surface area (Å²) < 4.78 is 0. The second-order valence-electron chi connectivity index (χ2n) is 4.89. The maximum Gasteiger partial charge on any atom is 0.236 e. The Morgan fingerprint density at radius 2 is 1.83 bits per heavy atom. The van der Waals surface area contributed by atoms with E-state index in [2.05, 4.69) is 19.1 Å². The van der Waals surface area contributed by atoms with E-state index in [-0.39, 0.29) is 11.2 Å². The summed E-state index contributed by atoms with van der Waals surface area (Å²) in [5, 5.41) is 0.0468. The van der Waals surface area contributed by atoms with Gasteiger partial charge in [0.15, 0.2) is 0 Å². The minimum atomic E-state index is 0.0468. The van der Waals surface area contributed by atoms with Crippen LogP contribution in [0.4, 0.5) is 0 Å². The smallest absolute Gasteiger partial charge is 0.236 e. The van der Waals surface area contributed by atoms with Crippen LogP contribution in [0.2, 0.25) is 0 Å². The topological polar surface area (TPSA) is 20.3 Å². The molecule has 1 fully saturated rings. The quantitative estimate of drug-likeness (QED) is 0.832. The predicted molar refractivity (Wildman–Crippen MR) is 78.0 cm³/mol. The van der Waals surface area contributed by atoms with E-state index in [1.165, 1.54) is 5.56 Å².